The minimum absolute atomic E-state index is 0.0336. The number of nitrogens with zero attached hydrogens (tertiary/aromatic N) is 2. The van der Waals surface area contributed by atoms with Crippen LogP contribution in [0.5, 0.6) is 0 Å². The molecule has 40 heavy (non-hydrogen) atoms. The Bertz CT molecular complexity index is 1460. The van der Waals surface area contributed by atoms with Gasteiger partial charge < -0.3 is 10.2 Å². The summed E-state index contributed by atoms with van der Waals surface area (Å²) < 4.78 is 41.3. The van der Waals surface area contributed by atoms with Gasteiger partial charge in [-0.2, -0.15) is 0 Å². The molecular weight excluding hydrogens is 600 g/mol. The first kappa shape index (κ1) is 31.7. The summed E-state index contributed by atoms with van der Waals surface area (Å²) in [6.45, 7) is 1.24. The third kappa shape index (κ3) is 8.33. The standard InChI is InChI=1S/C28H29Cl3FN3O4S/c1-3-13-33-28(37)26(14-19-9-5-4-6-10-19)34(17-20-11-7-8-12-24(20)32)27(36)18-35(40(2,38)39)25-16-22(30)21(29)15-23(25)31/h4-12,15-16,26H,3,13-14,17-18H2,1-2H3,(H,33,37). The summed E-state index contributed by atoms with van der Waals surface area (Å²) in [6.07, 6.45) is 1.68. The Labute approximate surface area is 248 Å². The van der Waals surface area contributed by atoms with Crippen LogP contribution in [-0.2, 0) is 32.6 Å². The Kier molecular flexibility index (Phi) is 11.2. The van der Waals surface area contributed by atoms with E-state index in [1.807, 2.05) is 25.1 Å². The summed E-state index contributed by atoms with van der Waals surface area (Å²) in [5.74, 6) is -1.77. The summed E-state index contributed by atoms with van der Waals surface area (Å²) >= 11 is 18.5. The average molecular weight is 629 g/mol. The predicted molar refractivity (Wildman–Crippen MR) is 158 cm³/mol. The lowest BCUT2D eigenvalue weighted by molar-refractivity contribution is -0.140. The van der Waals surface area contributed by atoms with E-state index in [9.17, 15) is 22.4 Å². The first-order valence-corrected chi connectivity index (χ1v) is 15.4. The zero-order valence-electron chi connectivity index (χ0n) is 21.9. The van der Waals surface area contributed by atoms with E-state index < -0.39 is 40.2 Å². The van der Waals surface area contributed by atoms with Crippen molar-refractivity contribution in [2.45, 2.75) is 32.4 Å². The topological polar surface area (TPSA) is 86.8 Å². The van der Waals surface area contributed by atoms with Crippen LogP contribution in [0.4, 0.5) is 10.1 Å². The van der Waals surface area contributed by atoms with Crippen LogP contribution in [0.2, 0.25) is 15.1 Å². The maximum atomic E-state index is 14.8. The Morgan fingerprint density at radius 1 is 0.950 bits per heavy atom. The highest BCUT2D eigenvalue weighted by atomic mass is 35.5. The van der Waals surface area contributed by atoms with Crippen LogP contribution in [0.3, 0.4) is 0 Å². The minimum atomic E-state index is -4.07. The van der Waals surface area contributed by atoms with Crippen molar-refractivity contribution in [1.29, 1.82) is 0 Å². The van der Waals surface area contributed by atoms with E-state index in [0.717, 1.165) is 16.1 Å². The van der Waals surface area contributed by atoms with Crippen molar-refractivity contribution < 1.29 is 22.4 Å². The Morgan fingerprint density at radius 2 is 1.57 bits per heavy atom. The van der Waals surface area contributed by atoms with Crippen molar-refractivity contribution in [2.75, 3.05) is 23.7 Å². The maximum Gasteiger partial charge on any atom is 0.244 e. The summed E-state index contributed by atoms with van der Waals surface area (Å²) in [5, 5.41) is 2.91. The predicted octanol–water partition coefficient (Wildman–Crippen LogP) is 5.72. The van der Waals surface area contributed by atoms with Gasteiger partial charge in [-0.05, 0) is 30.2 Å². The molecule has 3 aromatic carbocycles. The van der Waals surface area contributed by atoms with Crippen LogP contribution in [0, 0.1) is 5.82 Å². The first-order valence-electron chi connectivity index (χ1n) is 12.4. The molecular formula is C28H29Cl3FN3O4S. The van der Waals surface area contributed by atoms with Gasteiger partial charge in [-0.3, -0.25) is 13.9 Å². The molecule has 0 saturated carbocycles. The van der Waals surface area contributed by atoms with Gasteiger partial charge in [0.2, 0.25) is 21.8 Å². The highest BCUT2D eigenvalue weighted by Gasteiger charge is 2.34. The molecule has 214 valence electrons. The molecule has 3 aromatic rings. The SMILES string of the molecule is CCCNC(=O)C(Cc1ccccc1)N(Cc1ccccc1F)C(=O)CN(c1cc(Cl)c(Cl)cc1Cl)S(C)(=O)=O. The number of carbonyl (C=O) groups is 2. The normalized spacial score (nSPS) is 12.1. The summed E-state index contributed by atoms with van der Waals surface area (Å²) in [6, 6.07) is 16.4. The third-order valence-corrected chi connectivity index (χ3v) is 8.21. The fraction of sp³-hybridized carbons (Fsp3) is 0.286. The van der Waals surface area contributed by atoms with Crippen molar-refractivity contribution >= 4 is 62.3 Å². The second-order valence-corrected chi connectivity index (χ2v) is 12.2. The van der Waals surface area contributed by atoms with Crippen LogP contribution in [0.1, 0.15) is 24.5 Å². The number of benzene rings is 3. The van der Waals surface area contributed by atoms with Gasteiger partial charge in [-0.25, -0.2) is 12.8 Å². The molecule has 12 heteroatoms. The largest absolute Gasteiger partial charge is 0.354 e. The van der Waals surface area contributed by atoms with Crippen LogP contribution >= 0.6 is 34.8 Å². The second kappa shape index (κ2) is 14.2. The molecule has 0 heterocycles. The molecule has 0 saturated heterocycles. The highest BCUT2D eigenvalue weighted by molar-refractivity contribution is 7.92. The van der Waals surface area contributed by atoms with Gasteiger partial charge >= 0.3 is 0 Å². The lowest BCUT2D eigenvalue weighted by atomic mass is 10.0. The van der Waals surface area contributed by atoms with Crippen LogP contribution in [0.15, 0.2) is 66.7 Å². The molecule has 0 radical (unpaired) electrons. The summed E-state index contributed by atoms with van der Waals surface area (Å²) in [7, 11) is -4.07. The van der Waals surface area contributed by atoms with E-state index in [0.29, 0.717) is 13.0 Å². The number of halogens is 4. The molecule has 0 aliphatic heterocycles. The molecule has 0 bridgehead atoms. The van der Waals surface area contributed by atoms with Crippen molar-refractivity contribution in [1.82, 2.24) is 10.2 Å². The molecule has 1 atom stereocenters. The van der Waals surface area contributed by atoms with E-state index in [1.54, 1.807) is 18.2 Å². The lowest BCUT2D eigenvalue weighted by Gasteiger charge is -2.33. The number of sulfonamides is 1. The fourth-order valence-corrected chi connectivity index (χ4v) is 5.57. The summed E-state index contributed by atoms with van der Waals surface area (Å²) in [4.78, 5) is 28.6. The zero-order valence-corrected chi connectivity index (χ0v) is 25.0. The van der Waals surface area contributed by atoms with E-state index >= 15 is 0 Å². The van der Waals surface area contributed by atoms with Crippen molar-refractivity contribution in [2.24, 2.45) is 0 Å². The molecule has 1 N–H and O–H groups in total. The summed E-state index contributed by atoms with van der Waals surface area (Å²) in [5.41, 5.74) is 0.862. The number of amides is 2. The van der Waals surface area contributed by atoms with Gasteiger partial charge in [0.1, 0.15) is 18.4 Å². The van der Waals surface area contributed by atoms with Gasteiger partial charge in [0.05, 0.1) is 27.0 Å². The number of carbonyl (C=O) groups excluding carboxylic acids is 2. The van der Waals surface area contributed by atoms with Crippen LogP contribution in [-0.4, -0.2) is 50.5 Å². The molecule has 0 aromatic heterocycles. The molecule has 3 rings (SSSR count). The fourth-order valence-electron chi connectivity index (χ4n) is 4.03. The lowest BCUT2D eigenvalue weighted by Crippen LogP contribution is -2.53. The van der Waals surface area contributed by atoms with E-state index in [4.69, 9.17) is 34.8 Å². The monoisotopic (exact) mass is 627 g/mol. The number of hydrogen-bond donors (Lipinski definition) is 1. The molecule has 0 aliphatic carbocycles. The molecule has 2 amide bonds. The Hall–Kier alpha value is -2.85. The quantitative estimate of drug-likeness (QED) is 0.260. The Morgan fingerprint density at radius 3 is 2.20 bits per heavy atom. The number of anilines is 1. The maximum absolute atomic E-state index is 14.8. The molecule has 0 spiro atoms. The third-order valence-electron chi connectivity index (χ3n) is 6.06. The van der Waals surface area contributed by atoms with E-state index in [1.165, 1.54) is 35.2 Å². The van der Waals surface area contributed by atoms with Crippen molar-refractivity contribution in [3.8, 4) is 0 Å². The van der Waals surface area contributed by atoms with Gasteiger partial charge in [-0.1, -0.05) is 90.3 Å². The van der Waals surface area contributed by atoms with Gasteiger partial charge in [0, 0.05) is 25.1 Å². The molecule has 0 aliphatic rings. The second-order valence-electron chi connectivity index (χ2n) is 9.10. The molecule has 0 fully saturated rings. The highest BCUT2D eigenvalue weighted by Crippen LogP contribution is 2.35. The van der Waals surface area contributed by atoms with Crippen molar-refractivity contribution in [3.05, 3.63) is 98.7 Å². The van der Waals surface area contributed by atoms with Gasteiger partial charge in [0.15, 0.2) is 0 Å². The van der Waals surface area contributed by atoms with Gasteiger partial charge in [0.25, 0.3) is 0 Å². The van der Waals surface area contributed by atoms with E-state index in [2.05, 4.69) is 5.32 Å². The number of rotatable bonds is 12. The number of nitrogens with one attached hydrogen (secondary N) is 1. The Balaban J connectivity index is 2.09. The minimum Gasteiger partial charge on any atom is -0.354 e. The first-order chi connectivity index (χ1) is 18.9. The van der Waals surface area contributed by atoms with Crippen LogP contribution in [0.25, 0.3) is 0 Å². The molecule has 1 unspecified atom stereocenters. The molecule has 7 nitrogen and oxygen atoms in total. The zero-order chi connectivity index (χ0) is 29.4. The smallest absolute Gasteiger partial charge is 0.244 e. The van der Waals surface area contributed by atoms with Gasteiger partial charge in [-0.15, -0.1) is 0 Å². The number of hydrogen-bond acceptors (Lipinski definition) is 4. The van der Waals surface area contributed by atoms with E-state index in [-0.39, 0.29) is 39.3 Å². The van der Waals surface area contributed by atoms with Crippen LogP contribution < -0.4 is 9.62 Å². The average Bonchev–Trinajstić information content (AvgIpc) is 2.91. The van der Waals surface area contributed by atoms with Crippen molar-refractivity contribution in [3.63, 3.8) is 0 Å².